The zero-order valence-electron chi connectivity index (χ0n) is 15.0. The molecule has 0 spiro atoms. The quantitative estimate of drug-likeness (QED) is 0.783. The van der Waals surface area contributed by atoms with Crippen molar-refractivity contribution >= 4 is 17.5 Å². The number of benzene rings is 1. The van der Waals surface area contributed by atoms with Crippen LogP contribution in [0.2, 0.25) is 0 Å². The Kier molecular flexibility index (Phi) is 5.23. The molecule has 0 bridgehead atoms. The Labute approximate surface area is 140 Å². The molecule has 1 aromatic carbocycles. The van der Waals surface area contributed by atoms with E-state index in [0.29, 0.717) is 11.5 Å². The van der Waals surface area contributed by atoms with Crippen LogP contribution in [0.15, 0.2) is 24.3 Å². The van der Waals surface area contributed by atoms with Crippen LogP contribution in [0.3, 0.4) is 0 Å². The molecule has 1 amide bonds. The lowest BCUT2D eigenvalue weighted by molar-refractivity contribution is 0.0636. The second-order valence-electron chi connectivity index (χ2n) is 8.26. The summed E-state index contributed by atoms with van der Waals surface area (Å²) in [5.41, 5.74) is 1.68. The molecule has 1 aliphatic rings. The van der Waals surface area contributed by atoms with Gasteiger partial charge in [-0.1, -0.05) is 26.0 Å². The van der Waals surface area contributed by atoms with Crippen LogP contribution in [-0.2, 0) is 4.74 Å². The lowest BCUT2D eigenvalue weighted by Crippen LogP contribution is -2.30. The summed E-state index contributed by atoms with van der Waals surface area (Å²) in [4.78, 5) is 12.0. The molecule has 23 heavy (non-hydrogen) atoms. The predicted molar refractivity (Wildman–Crippen MR) is 96.0 cm³/mol. The second-order valence-corrected chi connectivity index (χ2v) is 8.26. The number of amides is 1. The van der Waals surface area contributed by atoms with Gasteiger partial charge in [0.15, 0.2) is 0 Å². The molecule has 0 unspecified atom stereocenters. The highest BCUT2D eigenvalue weighted by Crippen LogP contribution is 2.36. The first kappa shape index (κ1) is 17.6. The van der Waals surface area contributed by atoms with Crippen LogP contribution in [0.5, 0.6) is 0 Å². The molecule has 2 rings (SSSR count). The maximum absolute atomic E-state index is 12.0. The van der Waals surface area contributed by atoms with Gasteiger partial charge in [0.1, 0.15) is 5.60 Å². The molecule has 0 aliphatic heterocycles. The first-order valence-electron chi connectivity index (χ1n) is 8.50. The molecule has 0 aromatic heterocycles. The maximum Gasteiger partial charge on any atom is 0.412 e. The van der Waals surface area contributed by atoms with Gasteiger partial charge in [-0.15, -0.1) is 0 Å². The minimum absolute atomic E-state index is 0.420. The maximum atomic E-state index is 12.0. The van der Waals surface area contributed by atoms with E-state index in [9.17, 15) is 4.79 Å². The normalized spacial score (nSPS) is 18.3. The number of ether oxygens (including phenoxy) is 1. The summed E-state index contributed by atoms with van der Waals surface area (Å²) in [6.07, 6.45) is 4.36. The molecule has 0 atom stereocenters. The van der Waals surface area contributed by atoms with Crippen LogP contribution in [0, 0.1) is 5.41 Å². The van der Waals surface area contributed by atoms with E-state index in [4.69, 9.17) is 4.74 Å². The molecule has 1 saturated carbocycles. The number of carbonyl (C=O) groups is 1. The first-order chi connectivity index (χ1) is 10.6. The lowest BCUT2D eigenvalue weighted by atomic mass is 9.75. The number of anilines is 2. The van der Waals surface area contributed by atoms with Crippen LogP contribution in [0.1, 0.15) is 60.3 Å². The predicted octanol–water partition coefficient (Wildman–Crippen LogP) is 5.41. The van der Waals surface area contributed by atoms with Crippen molar-refractivity contribution in [3.63, 3.8) is 0 Å². The minimum Gasteiger partial charge on any atom is -0.444 e. The molecule has 2 N–H and O–H groups in total. The number of rotatable bonds is 3. The standard InChI is InChI=1S/C19H30N2O2/c1-18(2,3)23-17(22)21-16-9-7-6-8-15(16)20-14-10-12-19(4,5)13-11-14/h6-9,14,20H,10-13H2,1-5H3,(H,21,22). The zero-order valence-corrected chi connectivity index (χ0v) is 15.0. The number of carbonyl (C=O) groups excluding carboxylic acids is 1. The van der Waals surface area contributed by atoms with E-state index in [1.165, 1.54) is 12.8 Å². The van der Waals surface area contributed by atoms with Gasteiger partial charge in [-0.2, -0.15) is 0 Å². The highest BCUT2D eigenvalue weighted by atomic mass is 16.6. The summed E-state index contributed by atoms with van der Waals surface area (Å²) < 4.78 is 5.34. The van der Waals surface area contributed by atoms with E-state index in [1.54, 1.807) is 0 Å². The van der Waals surface area contributed by atoms with E-state index < -0.39 is 11.7 Å². The lowest BCUT2D eigenvalue weighted by Gasteiger charge is -2.35. The highest BCUT2D eigenvalue weighted by Gasteiger charge is 2.27. The third kappa shape index (κ3) is 5.77. The van der Waals surface area contributed by atoms with Gasteiger partial charge >= 0.3 is 6.09 Å². The molecule has 128 valence electrons. The van der Waals surface area contributed by atoms with Gasteiger partial charge < -0.3 is 10.1 Å². The summed E-state index contributed by atoms with van der Waals surface area (Å²) in [6, 6.07) is 8.27. The SMILES string of the molecule is CC1(C)CCC(Nc2ccccc2NC(=O)OC(C)(C)C)CC1. The molecule has 1 aliphatic carbocycles. The number of nitrogens with one attached hydrogen (secondary N) is 2. The summed E-state index contributed by atoms with van der Waals surface area (Å²) >= 11 is 0. The molecule has 0 radical (unpaired) electrons. The van der Waals surface area contributed by atoms with Crippen molar-refractivity contribution in [2.75, 3.05) is 10.6 Å². The van der Waals surface area contributed by atoms with Crippen molar-refractivity contribution in [1.82, 2.24) is 0 Å². The van der Waals surface area contributed by atoms with Gasteiger partial charge in [0.05, 0.1) is 11.4 Å². The number of hydrogen-bond donors (Lipinski definition) is 2. The van der Waals surface area contributed by atoms with Gasteiger partial charge in [0.25, 0.3) is 0 Å². The third-order valence-electron chi connectivity index (χ3n) is 4.26. The highest BCUT2D eigenvalue weighted by molar-refractivity contribution is 5.89. The van der Waals surface area contributed by atoms with Crippen molar-refractivity contribution in [3.05, 3.63) is 24.3 Å². The van der Waals surface area contributed by atoms with Crippen LogP contribution < -0.4 is 10.6 Å². The van der Waals surface area contributed by atoms with Crippen molar-refractivity contribution in [1.29, 1.82) is 0 Å². The molecular weight excluding hydrogens is 288 g/mol. The minimum atomic E-state index is -0.499. The summed E-state index contributed by atoms with van der Waals surface area (Å²) in [7, 11) is 0. The third-order valence-corrected chi connectivity index (χ3v) is 4.26. The number of para-hydroxylation sites is 2. The topological polar surface area (TPSA) is 50.4 Å². The van der Waals surface area contributed by atoms with Crippen LogP contribution in [0.4, 0.5) is 16.2 Å². The fourth-order valence-corrected chi connectivity index (χ4v) is 2.90. The average Bonchev–Trinajstić information content (AvgIpc) is 2.41. The Morgan fingerprint density at radius 1 is 1.13 bits per heavy atom. The Morgan fingerprint density at radius 3 is 2.26 bits per heavy atom. The van der Waals surface area contributed by atoms with Crippen LogP contribution >= 0.6 is 0 Å². The Bertz CT molecular complexity index is 537. The second kappa shape index (κ2) is 6.81. The van der Waals surface area contributed by atoms with Gasteiger partial charge in [-0.3, -0.25) is 5.32 Å². The summed E-state index contributed by atoms with van der Waals surface area (Å²) in [5.74, 6) is 0. The van der Waals surface area contributed by atoms with E-state index in [1.807, 2.05) is 45.0 Å². The average molecular weight is 318 g/mol. The van der Waals surface area contributed by atoms with E-state index in [-0.39, 0.29) is 0 Å². The van der Waals surface area contributed by atoms with Crippen LogP contribution in [-0.4, -0.2) is 17.7 Å². The first-order valence-corrected chi connectivity index (χ1v) is 8.50. The molecular formula is C19H30N2O2. The summed E-state index contributed by atoms with van der Waals surface area (Å²) in [6.45, 7) is 10.3. The summed E-state index contributed by atoms with van der Waals surface area (Å²) in [5, 5.41) is 6.43. The smallest absolute Gasteiger partial charge is 0.412 e. The van der Waals surface area contributed by atoms with Crippen molar-refractivity contribution in [2.24, 2.45) is 5.41 Å². The molecule has 1 aromatic rings. The monoisotopic (exact) mass is 318 g/mol. The van der Waals surface area contributed by atoms with E-state index in [0.717, 1.165) is 24.2 Å². The number of hydrogen-bond acceptors (Lipinski definition) is 3. The Balaban J connectivity index is 1.99. The zero-order chi connectivity index (χ0) is 17.1. The molecule has 4 heteroatoms. The van der Waals surface area contributed by atoms with Gasteiger partial charge in [-0.05, 0) is 64.0 Å². The largest absolute Gasteiger partial charge is 0.444 e. The van der Waals surface area contributed by atoms with Crippen LogP contribution in [0.25, 0.3) is 0 Å². The Morgan fingerprint density at radius 2 is 1.70 bits per heavy atom. The van der Waals surface area contributed by atoms with Crippen molar-refractivity contribution in [3.8, 4) is 0 Å². The molecule has 4 nitrogen and oxygen atoms in total. The van der Waals surface area contributed by atoms with Gasteiger partial charge in [0.2, 0.25) is 0 Å². The molecule has 0 heterocycles. The fraction of sp³-hybridized carbons (Fsp3) is 0.632. The van der Waals surface area contributed by atoms with Crippen molar-refractivity contribution in [2.45, 2.75) is 71.9 Å². The Hall–Kier alpha value is -1.71. The van der Waals surface area contributed by atoms with E-state index >= 15 is 0 Å². The van der Waals surface area contributed by atoms with E-state index in [2.05, 4.69) is 24.5 Å². The molecule has 0 saturated heterocycles. The van der Waals surface area contributed by atoms with Crippen molar-refractivity contribution < 1.29 is 9.53 Å². The van der Waals surface area contributed by atoms with Gasteiger partial charge in [0, 0.05) is 6.04 Å². The molecule has 1 fully saturated rings. The van der Waals surface area contributed by atoms with Gasteiger partial charge in [-0.25, -0.2) is 4.79 Å². The fourth-order valence-electron chi connectivity index (χ4n) is 2.90.